The largest absolute Gasteiger partial charge is 0.435 e. The summed E-state index contributed by atoms with van der Waals surface area (Å²) >= 11 is 0. The Balaban J connectivity index is 1.93. The molecule has 0 aromatic heterocycles. The first-order valence-electron chi connectivity index (χ1n) is 8.69. The second-order valence-corrected chi connectivity index (χ2v) is 6.16. The van der Waals surface area contributed by atoms with Gasteiger partial charge in [-0.05, 0) is 35.4 Å². The number of anilines is 1. The van der Waals surface area contributed by atoms with Crippen molar-refractivity contribution in [2.24, 2.45) is 4.99 Å². The van der Waals surface area contributed by atoms with Gasteiger partial charge in [-0.15, -0.1) is 0 Å². The van der Waals surface area contributed by atoms with E-state index in [1.54, 1.807) is 19.2 Å². The summed E-state index contributed by atoms with van der Waals surface area (Å²) in [5.74, 6) is 0.687. The lowest BCUT2D eigenvalue weighted by molar-refractivity contribution is -0.114. The molecule has 28 heavy (non-hydrogen) atoms. The molecule has 0 unspecified atom stereocenters. The number of nitrogens with zero attached hydrogens (tertiary/aromatic N) is 2. The quantitative estimate of drug-likeness (QED) is 0.561. The molecule has 8 heteroatoms. The lowest BCUT2D eigenvalue weighted by atomic mass is 10.2. The van der Waals surface area contributed by atoms with Gasteiger partial charge in [0.2, 0.25) is 5.91 Å². The Morgan fingerprint density at radius 1 is 1.18 bits per heavy atom. The molecule has 6 nitrogen and oxygen atoms in total. The molecule has 0 aliphatic rings. The van der Waals surface area contributed by atoms with Crippen molar-refractivity contribution in [1.29, 1.82) is 0 Å². The molecule has 0 heterocycles. The Bertz CT molecular complexity index is 810. The molecule has 2 aromatic carbocycles. The van der Waals surface area contributed by atoms with E-state index in [0.29, 0.717) is 19.0 Å². The maximum Gasteiger partial charge on any atom is 0.387 e. The van der Waals surface area contributed by atoms with Crippen molar-refractivity contribution in [1.82, 2.24) is 10.2 Å². The highest BCUT2D eigenvalue weighted by Gasteiger charge is 2.08. The van der Waals surface area contributed by atoms with Crippen molar-refractivity contribution < 1.29 is 18.3 Å². The van der Waals surface area contributed by atoms with Crippen LogP contribution in [0.15, 0.2) is 53.5 Å². The Hall–Kier alpha value is -3.16. The SMILES string of the molecule is CN=C(NCc1cccc(NC(C)=O)c1)N(C)Cc1ccc(OC(F)F)cc1. The minimum atomic E-state index is -2.83. The highest BCUT2D eigenvalue weighted by molar-refractivity contribution is 5.88. The highest BCUT2D eigenvalue weighted by Crippen LogP contribution is 2.16. The van der Waals surface area contributed by atoms with E-state index in [2.05, 4.69) is 20.4 Å². The second-order valence-electron chi connectivity index (χ2n) is 6.16. The average Bonchev–Trinajstić information content (AvgIpc) is 2.63. The molecule has 2 rings (SSSR count). The van der Waals surface area contributed by atoms with Gasteiger partial charge >= 0.3 is 6.61 Å². The maximum atomic E-state index is 12.2. The number of rotatable bonds is 7. The van der Waals surface area contributed by atoms with E-state index in [-0.39, 0.29) is 11.7 Å². The van der Waals surface area contributed by atoms with Crippen LogP contribution >= 0.6 is 0 Å². The lowest BCUT2D eigenvalue weighted by Crippen LogP contribution is -2.38. The Kier molecular flexibility index (Phi) is 7.74. The van der Waals surface area contributed by atoms with Gasteiger partial charge in [-0.1, -0.05) is 24.3 Å². The fourth-order valence-corrected chi connectivity index (χ4v) is 2.65. The molecule has 0 spiro atoms. The number of halogens is 2. The first kappa shape index (κ1) is 21.1. The Morgan fingerprint density at radius 2 is 1.89 bits per heavy atom. The van der Waals surface area contributed by atoms with Crippen molar-refractivity contribution in [2.75, 3.05) is 19.4 Å². The summed E-state index contributed by atoms with van der Waals surface area (Å²) < 4.78 is 28.8. The molecular formula is C20H24F2N4O2. The number of carbonyl (C=O) groups is 1. The van der Waals surface area contributed by atoms with Gasteiger partial charge in [-0.3, -0.25) is 9.79 Å². The van der Waals surface area contributed by atoms with Gasteiger partial charge in [-0.25, -0.2) is 0 Å². The van der Waals surface area contributed by atoms with Crippen LogP contribution in [-0.2, 0) is 17.9 Å². The minimum Gasteiger partial charge on any atom is -0.435 e. The number of hydrogen-bond donors (Lipinski definition) is 2. The van der Waals surface area contributed by atoms with Crippen molar-refractivity contribution in [2.45, 2.75) is 26.6 Å². The number of aliphatic imine (C=N–C) groups is 1. The molecule has 0 saturated carbocycles. The van der Waals surface area contributed by atoms with E-state index < -0.39 is 6.61 Å². The third-order valence-corrected chi connectivity index (χ3v) is 3.84. The predicted octanol–water partition coefficient (Wildman–Crippen LogP) is 3.45. The van der Waals surface area contributed by atoms with Gasteiger partial charge in [0.15, 0.2) is 5.96 Å². The normalized spacial score (nSPS) is 11.3. The van der Waals surface area contributed by atoms with Crippen LogP contribution in [0.3, 0.4) is 0 Å². The molecule has 0 saturated heterocycles. The van der Waals surface area contributed by atoms with Gasteiger partial charge in [0.25, 0.3) is 0 Å². The molecule has 0 fully saturated rings. The van der Waals surface area contributed by atoms with E-state index in [9.17, 15) is 13.6 Å². The van der Waals surface area contributed by atoms with Crippen molar-refractivity contribution >= 4 is 17.6 Å². The van der Waals surface area contributed by atoms with Crippen molar-refractivity contribution in [3.8, 4) is 5.75 Å². The summed E-state index contributed by atoms with van der Waals surface area (Å²) in [5.41, 5.74) is 2.66. The summed E-state index contributed by atoms with van der Waals surface area (Å²) in [6, 6.07) is 14.0. The number of nitrogens with one attached hydrogen (secondary N) is 2. The van der Waals surface area contributed by atoms with Crippen molar-refractivity contribution in [3.63, 3.8) is 0 Å². The number of ether oxygens (including phenoxy) is 1. The number of guanidine groups is 1. The van der Waals surface area contributed by atoms with Gasteiger partial charge < -0.3 is 20.3 Å². The van der Waals surface area contributed by atoms with Crippen LogP contribution in [0.5, 0.6) is 5.75 Å². The van der Waals surface area contributed by atoms with E-state index in [0.717, 1.165) is 16.8 Å². The van der Waals surface area contributed by atoms with Crippen molar-refractivity contribution in [3.05, 3.63) is 59.7 Å². The zero-order chi connectivity index (χ0) is 20.5. The summed E-state index contributed by atoms with van der Waals surface area (Å²) in [5, 5.41) is 6.02. The summed E-state index contributed by atoms with van der Waals surface area (Å²) in [6.45, 7) is -0.291. The van der Waals surface area contributed by atoms with E-state index in [4.69, 9.17) is 0 Å². The second kappa shape index (κ2) is 10.2. The van der Waals surface area contributed by atoms with Crippen LogP contribution in [0.4, 0.5) is 14.5 Å². The van der Waals surface area contributed by atoms with E-state index in [1.165, 1.54) is 19.1 Å². The number of benzene rings is 2. The average molecular weight is 390 g/mol. The molecule has 1 amide bonds. The lowest BCUT2D eigenvalue weighted by Gasteiger charge is -2.22. The third-order valence-electron chi connectivity index (χ3n) is 3.84. The maximum absolute atomic E-state index is 12.2. The van der Waals surface area contributed by atoms with E-state index in [1.807, 2.05) is 36.2 Å². The molecule has 2 aromatic rings. The minimum absolute atomic E-state index is 0.120. The molecule has 0 aliphatic carbocycles. The molecule has 0 radical (unpaired) electrons. The first-order valence-corrected chi connectivity index (χ1v) is 8.69. The smallest absolute Gasteiger partial charge is 0.387 e. The monoisotopic (exact) mass is 390 g/mol. The Morgan fingerprint density at radius 3 is 2.50 bits per heavy atom. The standard InChI is InChI=1S/C20H24F2N4O2/c1-14(27)25-17-6-4-5-16(11-17)12-24-20(23-2)26(3)13-15-7-9-18(10-8-15)28-19(21)22/h4-11,19H,12-13H2,1-3H3,(H,23,24)(H,25,27). The number of carbonyl (C=O) groups excluding carboxylic acids is 1. The van der Waals surface area contributed by atoms with Crippen LogP contribution in [0, 0.1) is 0 Å². The van der Waals surface area contributed by atoms with Gasteiger partial charge in [0, 0.05) is 39.8 Å². The van der Waals surface area contributed by atoms with Gasteiger partial charge in [-0.2, -0.15) is 8.78 Å². The molecule has 0 atom stereocenters. The molecule has 150 valence electrons. The number of alkyl halides is 2. The van der Waals surface area contributed by atoms with Crippen LogP contribution in [0.25, 0.3) is 0 Å². The van der Waals surface area contributed by atoms with Crippen LogP contribution in [0.2, 0.25) is 0 Å². The number of hydrogen-bond acceptors (Lipinski definition) is 3. The fourth-order valence-electron chi connectivity index (χ4n) is 2.65. The summed E-state index contributed by atoms with van der Waals surface area (Å²) in [7, 11) is 3.57. The third kappa shape index (κ3) is 6.86. The summed E-state index contributed by atoms with van der Waals surface area (Å²) in [6.07, 6.45) is 0. The fraction of sp³-hybridized carbons (Fsp3) is 0.300. The van der Waals surface area contributed by atoms with Crippen LogP contribution < -0.4 is 15.4 Å². The number of amides is 1. The van der Waals surface area contributed by atoms with Crippen LogP contribution in [0.1, 0.15) is 18.1 Å². The molecule has 0 aliphatic heterocycles. The topological polar surface area (TPSA) is 66.0 Å². The van der Waals surface area contributed by atoms with Crippen LogP contribution in [-0.4, -0.2) is 37.5 Å². The van der Waals surface area contributed by atoms with Gasteiger partial charge in [0.05, 0.1) is 0 Å². The predicted molar refractivity (Wildman–Crippen MR) is 105 cm³/mol. The summed E-state index contributed by atoms with van der Waals surface area (Å²) in [4.78, 5) is 17.4. The Labute approximate surface area is 163 Å². The molecule has 2 N–H and O–H groups in total. The zero-order valence-corrected chi connectivity index (χ0v) is 16.1. The molecule has 0 bridgehead atoms. The highest BCUT2D eigenvalue weighted by atomic mass is 19.3. The zero-order valence-electron chi connectivity index (χ0n) is 16.1. The first-order chi connectivity index (χ1) is 13.4. The van der Waals surface area contributed by atoms with E-state index >= 15 is 0 Å². The molecular weight excluding hydrogens is 366 g/mol. The van der Waals surface area contributed by atoms with Gasteiger partial charge in [0.1, 0.15) is 5.75 Å².